The van der Waals surface area contributed by atoms with E-state index in [2.05, 4.69) is 23.5 Å². The van der Waals surface area contributed by atoms with Crippen molar-refractivity contribution >= 4 is 34.8 Å². The molecule has 2 aromatic rings. The maximum Gasteiger partial charge on any atom is 0.256 e. The molecule has 1 amide bonds. The molecule has 1 heterocycles. The number of amides is 1. The Balaban J connectivity index is 2.15. The van der Waals surface area contributed by atoms with Crippen LogP contribution in [0.5, 0.6) is 0 Å². The molecule has 0 aliphatic carbocycles. The van der Waals surface area contributed by atoms with Crippen molar-refractivity contribution in [1.29, 1.82) is 0 Å². The molecule has 1 aliphatic rings. The first kappa shape index (κ1) is 12.9. The van der Waals surface area contributed by atoms with Crippen molar-refractivity contribution in [1.82, 2.24) is 0 Å². The predicted molar refractivity (Wildman–Crippen MR) is 83.9 cm³/mol. The van der Waals surface area contributed by atoms with Crippen LogP contribution in [-0.2, 0) is 4.79 Å². The SMILES string of the molecule is Cc1ccc(C)c(C=C2C(=O)Nc3ccc(Cl)cc32)c1. The number of hydrogen-bond donors (Lipinski definition) is 1. The van der Waals surface area contributed by atoms with E-state index in [1.165, 1.54) is 5.56 Å². The van der Waals surface area contributed by atoms with Gasteiger partial charge in [0, 0.05) is 21.8 Å². The third-order valence-corrected chi connectivity index (χ3v) is 3.73. The quantitative estimate of drug-likeness (QED) is 0.770. The first-order chi connectivity index (χ1) is 9.54. The lowest BCUT2D eigenvalue weighted by atomic mass is 10.00. The molecule has 0 bridgehead atoms. The van der Waals surface area contributed by atoms with Crippen LogP contribution in [-0.4, -0.2) is 5.91 Å². The van der Waals surface area contributed by atoms with Crippen LogP contribution < -0.4 is 5.32 Å². The van der Waals surface area contributed by atoms with Crippen LogP contribution in [0.25, 0.3) is 11.6 Å². The second-order valence-corrected chi connectivity index (χ2v) is 5.50. The van der Waals surface area contributed by atoms with Crippen LogP contribution in [0.1, 0.15) is 22.3 Å². The molecule has 3 rings (SSSR count). The van der Waals surface area contributed by atoms with E-state index in [0.29, 0.717) is 10.6 Å². The highest BCUT2D eigenvalue weighted by Gasteiger charge is 2.24. The average Bonchev–Trinajstić information content (AvgIpc) is 2.70. The van der Waals surface area contributed by atoms with Crippen LogP contribution in [0.2, 0.25) is 5.02 Å². The van der Waals surface area contributed by atoms with Crippen LogP contribution >= 0.6 is 11.6 Å². The number of carbonyl (C=O) groups is 1. The lowest BCUT2D eigenvalue weighted by Crippen LogP contribution is -2.03. The molecule has 0 fully saturated rings. The molecule has 0 unspecified atom stereocenters. The predicted octanol–water partition coefficient (Wildman–Crippen LogP) is 4.45. The van der Waals surface area contributed by atoms with Gasteiger partial charge < -0.3 is 5.32 Å². The normalized spacial score (nSPS) is 15.3. The fourth-order valence-electron chi connectivity index (χ4n) is 2.37. The Hall–Kier alpha value is -2.06. The molecule has 0 radical (unpaired) electrons. The van der Waals surface area contributed by atoms with Crippen LogP contribution in [0.15, 0.2) is 36.4 Å². The maximum atomic E-state index is 12.1. The van der Waals surface area contributed by atoms with Crippen molar-refractivity contribution in [3.8, 4) is 0 Å². The Morgan fingerprint density at radius 2 is 1.90 bits per heavy atom. The molecule has 3 heteroatoms. The third-order valence-electron chi connectivity index (χ3n) is 3.50. The summed E-state index contributed by atoms with van der Waals surface area (Å²) in [7, 11) is 0. The number of anilines is 1. The highest BCUT2D eigenvalue weighted by Crippen LogP contribution is 2.35. The molecule has 0 saturated heterocycles. The largest absolute Gasteiger partial charge is 0.321 e. The van der Waals surface area contributed by atoms with E-state index in [4.69, 9.17) is 11.6 Å². The minimum atomic E-state index is -0.0804. The zero-order chi connectivity index (χ0) is 14.3. The van der Waals surface area contributed by atoms with Gasteiger partial charge in [0.15, 0.2) is 0 Å². The maximum absolute atomic E-state index is 12.1. The zero-order valence-electron chi connectivity index (χ0n) is 11.3. The van der Waals surface area contributed by atoms with Gasteiger partial charge >= 0.3 is 0 Å². The van der Waals surface area contributed by atoms with E-state index < -0.39 is 0 Å². The summed E-state index contributed by atoms with van der Waals surface area (Å²) in [6.07, 6.45) is 1.93. The van der Waals surface area contributed by atoms with Crippen molar-refractivity contribution in [3.63, 3.8) is 0 Å². The van der Waals surface area contributed by atoms with Gasteiger partial charge in [0.2, 0.25) is 0 Å². The van der Waals surface area contributed by atoms with E-state index in [1.54, 1.807) is 6.07 Å². The highest BCUT2D eigenvalue weighted by atomic mass is 35.5. The van der Waals surface area contributed by atoms with E-state index in [0.717, 1.165) is 22.4 Å². The zero-order valence-corrected chi connectivity index (χ0v) is 12.1. The summed E-state index contributed by atoms with van der Waals surface area (Å²) in [6.45, 7) is 4.08. The summed E-state index contributed by atoms with van der Waals surface area (Å²) < 4.78 is 0. The Bertz CT molecular complexity index is 747. The summed E-state index contributed by atoms with van der Waals surface area (Å²) in [4.78, 5) is 12.1. The number of carbonyl (C=O) groups excluding carboxylic acids is 1. The Kier molecular flexibility index (Phi) is 3.11. The first-order valence-electron chi connectivity index (χ1n) is 6.45. The second-order valence-electron chi connectivity index (χ2n) is 5.06. The Labute approximate surface area is 123 Å². The number of fused-ring (bicyclic) bond motifs is 1. The second kappa shape index (κ2) is 4.80. The van der Waals surface area contributed by atoms with Gasteiger partial charge in [-0.05, 0) is 49.2 Å². The van der Waals surface area contributed by atoms with Gasteiger partial charge in [0.25, 0.3) is 5.91 Å². The first-order valence-corrected chi connectivity index (χ1v) is 6.82. The monoisotopic (exact) mass is 283 g/mol. The summed E-state index contributed by atoms with van der Waals surface area (Å²) in [5.41, 5.74) is 5.72. The van der Waals surface area contributed by atoms with Crippen LogP contribution in [0, 0.1) is 13.8 Å². The van der Waals surface area contributed by atoms with E-state index >= 15 is 0 Å². The van der Waals surface area contributed by atoms with E-state index in [9.17, 15) is 4.79 Å². The summed E-state index contributed by atoms with van der Waals surface area (Å²) in [5.74, 6) is -0.0804. The van der Waals surface area contributed by atoms with Gasteiger partial charge in [-0.25, -0.2) is 0 Å². The average molecular weight is 284 g/mol. The van der Waals surface area contributed by atoms with E-state index in [1.807, 2.05) is 32.1 Å². The van der Waals surface area contributed by atoms with Crippen molar-refractivity contribution in [2.75, 3.05) is 5.32 Å². The van der Waals surface area contributed by atoms with Gasteiger partial charge in [-0.2, -0.15) is 0 Å². The highest BCUT2D eigenvalue weighted by molar-refractivity contribution is 6.36. The number of rotatable bonds is 1. The van der Waals surface area contributed by atoms with Crippen LogP contribution in [0.3, 0.4) is 0 Å². The standard InChI is InChI=1S/C17H14ClNO/c1-10-3-4-11(2)12(7-10)8-15-14-9-13(18)5-6-16(14)19-17(15)20/h3-9H,1-2H3,(H,19,20). The van der Waals surface area contributed by atoms with Crippen molar-refractivity contribution in [3.05, 3.63) is 63.7 Å². The molecule has 0 atom stereocenters. The Morgan fingerprint density at radius 1 is 1.10 bits per heavy atom. The molecule has 100 valence electrons. The summed E-state index contributed by atoms with van der Waals surface area (Å²) in [5, 5.41) is 3.49. The number of aryl methyl sites for hydroxylation is 2. The molecule has 2 nitrogen and oxygen atoms in total. The van der Waals surface area contributed by atoms with Gasteiger partial charge in [-0.3, -0.25) is 4.79 Å². The van der Waals surface area contributed by atoms with Crippen molar-refractivity contribution < 1.29 is 4.79 Å². The van der Waals surface area contributed by atoms with Gasteiger partial charge in [0.1, 0.15) is 0 Å². The molecular weight excluding hydrogens is 270 g/mol. The lowest BCUT2D eigenvalue weighted by Gasteiger charge is -2.04. The number of hydrogen-bond acceptors (Lipinski definition) is 1. The lowest BCUT2D eigenvalue weighted by molar-refractivity contribution is -0.110. The van der Waals surface area contributed by atoms with Gasteiger partial charge in [-0.15, -0.1) is 0 Å². The molecule has 1 N–H and O–H groups in total. The molecule has 0 aromatic heterocycles. The van der Waals surface area contributed by atoms with Crippen molar-refractivity contribution in [2.45, 2.75) is 13.8 Å². The number of halogens is 1. The molecule has 0 spiro atoms. The minimum absolute atomic E-state index is 0.0804. The Morgan fingerprint density at radius 3 is 2.70 bits per heavy atom. The fraction of sp³-hybridized carbons (Fsp3) is 0.118. The van der Waals surface area contributed by atoms with Gasteiger partial charge in [-0.1, -0.05) is 35.4 Å². The topological polar surface area (TPSA) is 29.1 Å². The molecule has 1 aliphatic heterocycles. The molecule has 2 aromatic carbocycles. The fourth-order valence-corrected chi connectivity index (χ4v) is 2.55. The third kappa shape index (κ3) is 2.23. The smallest absolute Gasteiger partial charge is 0.256 e. The van der Waals surface area contributed by atoms with E-state index in [-0.39, 0.29) is 5.91 Å². The molecule has 20 heavy (non-hydrogen) atoms. The van der Waals surface area contributed by atoms with Gasteiger partial charge in [0.05, 0.1) is 0 Å². The molecular formula is C17H14ClNO. The molecule has 0 saturated carbocycles. The number of benzene rings is 2. The summed E-state index contributed by atoms with van der Waals surface area (Å²) >= 11 is 6.03. The summed E-state index contributed by atoms with van der Waals surface area (Å²) in [6, 6.07) is 11.6. The van der Waals surface area contributed by atoms with Crippen molar-refractivity contribution in [2.24, 2.45) is 0 Å². The number of nitrogens with one attached hydrogen (secondary N) is 1. The minimum Gasteiger partial charge on any atom is -0.321 e. The van der Waals surface area contributed by atoms with Crippen LogP contribution in [0.4, 0.5) is 5.69 Å².